The van der Waals surface area contributed by atoms with Crippen molar-refractivity contribution in [3.8, 4) is 0 Å². The Morgan fingerprint density at radius 1 is 1.52 bits per heavy atom. The molecule has 0 spiro atoms. The van der Waals surface area contributed by atoms with Gasteiger partial charge in [-0.3, -0.25) is 14.4 Å². The smallest absolute Gasteiger partial charge is 0.313 e. The first-order valence-corrected chi connectivity index (χ1v) is 12.4. The Bertz CT molecular complexity index is 1120. The van der Waals surface area contributed by atoms with E-state index >= 15 is 0 Å². The normalized spacial score (nSPS) is 24.7. The predicted molar refractivity (Wildman–Crippen MR) is 122 cm³/mol. The quantitative estimate of drug-likeness (QED) is 0.179. The molecule has 2 aromatic rings. The van der Waals surface area contributed by atoms with Gasteiger partial charge in [0.1, 0.15) is 36.0 Å². The summed E-state index contributed by atoms with van der Waals surface area (Å²) < 4.78 is 1.70. The van der Waals surface area contributed by atoms with E-state index in [4.69, 9.17) is 10.6 Å². The van der Waals surface area contributed by atoms with Crippen LogP contribution in [0.15, 0.2) is 22.0 Å². The number of carboxylic acids is 1. The van der Waals surface area contributed by atoms with Gasteiger partial charge in [0, 0.05) is 30.5 Å². The molecule has 4 rings (SSSR count). The van der Waals surface area contributed by atoms with Crippen molar-refractivity contribution in [2.24, 2.45) is 17.6 Å². The summed E-state index contributed by atoms with van der Waals surface area (Å²) >= 11 is 3.74. The lowest BCUT2D eigenvalue weighted by atomic mass is 9.89. The Labute approximate surface area is 200 Å². The number of β-lactam (4-membered cyclic amide) rings is 1. The third-order valence-corrected chi connectivity index (χ3v) is 8.78. The van der Waals surface area contributed by atoms with Crippen LogP contribution in [-0.2, 0) is 26.3 Å². The number of carbonyl (C=O) groups is 3. The molecular weight excluding hydrogens is 492 g/mol. The number of oxime groups is 1. The van der Waals surface area contributed by atoms with Gasteiger partial charge in [-0.05, 0) is 0 Å². The van der Waals surface area contributed by atoms with Crippen LogP contribution < -0.4 is 11.1 Å². The van der Waals surface area contributed by atoms with Gasteiger partial charge in [0.2, 0.25) is 5.91 Å². The molecule has 2 aliphatic rings. The van der Waals surface area contributed by atoms with Gasteiger partial charge in [-0.2, -0.15) is 0 Å². The average molecular weight is 513 g/mol. The number of hydrogen-bond acceptors (Lipinski definition) is 12. The number of hydrogen-bond donors (Lipinski definition) is 3. The Kier molecular flexibility index (Phi) is 6.49. The molecule has 2 unspecified atom stereocenters. The van der Waals surface area contributed by atoms with E-state index in [1.807, 2.05) is 0 Å². The van der Waals surface area contributed by atoms with Crippen molar-refractivity contribution in [3.63, 3.8) is 0 Å². The second kappa shape index (κ2) is 9.18. The number of carboxylic acid groups (broad SMARTS) is 1. The van der Waals surface area contributed by atoms with Gasteiger partial charge in [-0.25, -0.2) is 4.98 Å². The van der Waals surface area contributed by atoms with Crippen LogP contribution in [0.5, 0.6) is 0 Å². The fourth-order valence-electron chi connectivity index (χ4n) is 3.41. The van der Waals surface area contributed by atoms with Gasteiger partial charge in [0.05, 0.1) is 0 Å². The number of nitrogen functional groups attached to an aromatic ring is 1. The van der Waals surface area contributed by atoms with Gasteiger partial charge in [0.15, 0.2) is 16.0 Å². The number of aromatic nitrogens is 4. The first kappa shape index (κ1) is 23.3. The zero-order chi connectivity index (χ0) is 23.8. The highest BCUT2D eigenvalue weighted by molar-refractivity contribution is 8.00. The standard InChI is InChI=1S/C17H20N8O5S3/c1-24-7-19-22-16(24)33-6-17(14(28)29)4-25-12(27)10(13(25)32-5-17)21-11(26)9(23-30-2)8-3-31-15(18)20-8/h3,7,10,13H,4-6H2,1-2H3,(H2,18,20)(H,21,26)(H,28,29)/t10?,13-,17?/m1/s1. The largest absolute Gasteiger partial charge is 0.481 e. The molecule has 176 valence electrons. The lowest BCUT2D eigenvalue weighted by Gasteiger charge is -2.53. The zero-order valence-electron chi connectivity index (χ0n) is 17.5. The summed E-state index contributed by atoms with van der Waals surface area (Å²) in [5.74, 6) is -1.47. The van der Waals surface area contributed by atoms with E-state index in [1.54, 1.807) is 17.0 Å². The maximum atomic E-state index is 12.8. The highest BCUT2D eigenvalue weighted by atomic mass is 32.2. The maximum absolute atomic E-state index is 12.8. The third-order valence-electron chi connectivity index (χ3n) is 5.19. The van der Waals surface area contributed by atoms with Crippen LogP contribution in [0.3, 0.4) is 0 Å². The van der Waals surface area contributed by atoms with Gasteiger partial charge in [0.25, 0.3) is 5.91 Å². The summed E-state index contributed by atoms with van der Waals surface area (Å²) in [6.07, 6.45) is 1.54. The minimum absolute atomic E-state index is 0.0394. The van der Waals surface area contributed by atoms with Crippen LogP contribution >= 0.6 is 34.9 Å². The Morgan fingerprint density at radius 2 is 2.30 bits per heavy atom. The number of aliphatic carboxylic acids is 1. The highest BCUT2D eigenvalue weighted by Crippen LogP contribution is 2.44. The average Bonchev–Trinajstić information content (AvgIpc) is 3.41. The summed E-state index contributed by atoms with van der Waals surface area (Å²) in [5.41, 5.74) is 4.62. The molecule has 2 fully saturated rings. The van der Waals surface area contributed by atoms with Crippen LogP contribution in [0.1, 0.15) is 5.69 Å². The monoisotopic (exact) mass is 512 g/mol. The number of nitrogens with zero attached hydrogens (tertiary/aromatic N) is 6. The van der Waals surface area contributed by atoms with E-state index in [-0.39, 0.29) is 45.9 Å². The van der Waals surface area contributed by atoms with Crippen molar-refractivity contribution in [3.05, 3.63) is 17.4 Å². The number of nitrogens with one attached hydrogen (secondary N) is 1. The minimum Gasteiger partial charge on any atom is -0.481 e. The summed E-state index contributed by atoms with van der Waals surface area (Å²) in [6.45, 7) is 0.0394. The van der Waals surface area contributed by atoms with E-state index in [1.165, 1.54) is 41.9 Å². The molecule has 0 aliphatic carbocycles. The lowest BCUT2D eigenvalue weighted by Crippen LogP contribution is -2.74. The molecule has 4 N–H and O–H groups in total. The van der Waals surface area contributed by atoms with E-state index < -0.39 is 23.3 Å². The Hall–Kier alpha value is -2.85. The van der Waals surface area contributed by atoms with Crippen molar-refractivity contribution in [1.29, 1.82) is 0 Å². The number of rotatable bonds is 8. The third kappa shape index (κ3) is 4.37. The van der Waals surface area contributed by atoms with Crippen LogP contribution in [0.2, 0.25) is 0 Å². The molecule has 13 nitrogen and oxygen atoms in total. The second-order valence-electron chi connectivity index (χ2n) is 7.41. The number of fused-ring (bicyclic) bond motifs is 1. The van der Waals surface area contributed by atoms with Crippen LogP contribution in [-0.4, -0.2) is 89.8 Å². The number of aryl methyl sites for hydroxylation is 1. The fraction of sp³-hybridized carbons (Fsp3) is 0.471. The first-order chi connectivity index (χ1) is 15.8. The minimum atomic E-state index is -1.15. The summed E-state index contributed by atoms with van der Waals surface area (Å²) in [7, 11) is 3.06. The van der Waals surface area contributed by atoms with Gasteiger partial charge in [-0.1, -0.05) is 16.9 Å². The number of anilines is 1. The summed E-state index contributed by atoms with van der Waals surface area (Å²) in [5, 5.41) is 26.1. The molecule has 0 bridgehead atoms. The highest BCUT2D eigenvalue weighted by Gasteiger charge is 2.57. The molecule has 16 heteroatoms. The topological polar surface area (TPSA) is 178 Å². The number of carbonyl (C=O) groups excluding carboxylic acids is 2. The van der Waals surface area contributed by atoms with E-state index in [2.05, 4.69) is 25.7 Å². The summed E-state index contributed by atoms with van der Waals surface area (Å²) in [6, 6.07) is -0.807. The molecule has 2 saturated heterocycles. The Balaban J connectivity index is 1.43. The molecule has 2 amide bonds. The summed E-state index contributed by atoms with van der Waals surface area (Å²) in [4.78, 5) is 48.0. The molecule has 3 atom stereocenters. The van der Waals surface area contributed by atoms with E-state index in [0.717, 1.165) is 11.3 Å². The number of nitrogens with two attached hydrogens (primary N) is 1. The number of amides is 2. The predicted octanol–water partition coefficient (Wildman–Crippen LogP) is -0.532. The molecule has 0 radical (unpaired) electrons. The fourth-order valence-corrected chi connectivity index (χ4v) is 6.71. The molecule has 4 heterocycles. The van der Waals surface area contributed by atoms with Gasteiger partial charge >= 0.3 is 5.97 Å². The van der Waals surface area contributed by atoms with Crippen LogP contribution in [0, 0.1) is 5.41 Å². The van der Waals surface area contributed by atoms with E-state index in [0.29, 0.717) is 5.16 Å². The molecule has 0 aromatic carbocycles. The first-order valence-electron chi connectivity index (χ1n) is 9.51. The second-order valence-corrected chi connectivity index (χ2v) is 10.3. The van der Waals surface area contributed by atoms with Crippen molar-refractivity contribution < 1.29 is 24.3 Å². The molecular formula is C17H20N8O5S3. The molecule has 33 heavy (non-hydrogen) atoms. The Morgan fingerprint density at radius 3 is 2.91 bits per heavy atom. The molecule has 0 saturated carbocycles. The van der Waals surface area contributed by atoms with Gasteiger partial charge in [-0.15, -0.1) is 33.3 Å². The van der Waals surface area contributed by atoms with Crippen molar-refractivity contribution in [2.75, 3.05) is 30.9 Å². The number of thiazole rings is 1. The van der Waals surface area contributed by atoms with Crippen LogP contribution in [0.25, 0.3) is 0 Å². The maximum Gasteiger partial charge on any atom is 0.313 e. The van der Waals surface area contributed by atoms with Crippen molar-refractivity contribution in [2.45, 2.75) is 16.6 Å². The van der Waals surface area contributed by atoms with Gasteiger partial charge < -0.3 is 30.5 Å². The van der Waals surface area contributed by atoms with Crippen LogP contribution in [0.4, 0.5) is 5.13 Å². The zero-order valence-corrected chi connectivity index (χ0v) is 19.9. The van der Waals surface area contributed by atoms with Crippen molar-refractivity contribution >= 4 is 63.5 Å². The van der Waals surface area contributed by atoms with E-state index in [9.17, 15) is 19.5 Å². The lowest BCUT2D eigenvalue weighted by molar-refractivity contribution is -0.157. The molecule has 2 aromatic heterocycles. The van der Waals surface area contributed by atoms with Crippen molar-refractivity contribution in [1.82, 2.24) is 30.0 Å². The molecule has 2 aliphatic heterocycles. The number of thioether (sulfide) groups is 2. The SMILES string of the molecule is CON=C(C(=O)NC1C(=O)N2CC(CSc3nncn3C)(C(=O)O)CS[C@H]12)c1csc(N)n1.